The summed E-state index contributed by atoms with van der Waals surface area (Å²) >= 11 is 0. The summed E-state index contributed by atoms with van der Waals surface area (Å²) in [4.78, 5) is 12.0. The van der Waals surface area contributed by atoms with Crippen LogP contribution in [-0.4, -0.2) is 52.8 Å². The van der Waals surface area contributed by atoms with E-state index in [0.29, 0.717) is 10.7 Å². The van der Waals surface area contributed by atoms with Crippen LogP contribution in [-0.2, 0) is 23.9 Å². The average molecular weight is 305 g/mol. The van der Waals surface area contributed by atoms with Crippen LogP contribution in [0.25, 0.3) is 0 Å². The third-order valence-corrected chi connectivity index (χ3v) is 4.05. The van der Waals surface area contributed by atoms with Crippen molar-refractivity contribution in [3.05, 3.63) is 11.4 Å². The normalized spacial score (nSPS) is 16.9. The second-order valence-corrected chi connectivity index (χ2v) is 6.03. The van der Waals surface area contributed by atoms with Gasteiger partial charge in [0, 0.05) is 20.1 Å². The molecular weight excluding hydrogens is 289 g/mol. The molecule has 1 aliphatic heterocycles. The van der Waals surface area contributed by atoms with Gasteiger partial charge in [0.25, 0.3) is 5.91 Å². The molecule has 1 fully saturated rings. The van der Waals surface area contributed by atoms with Gasteiger partial charge < -0.3 is 5.32 Å². The Morgan fingerprint density at radius 2 is 2.15 bits per heavy atom. The lowest BCUT2D eigenvalue weighted by atomic mass is 10.1. The zero-order chi connectivity index (χ0) is 14.9. The number of aryl methyl sites for hydroxylation is 1. The average Bonchev–Trinajstić information content (AvgIpc) is 2.64. The number of aromatic nitrogens is 3. The Kier molecular flexibility index (Phi) is 4.04. The molecule has 112 valence electrons. The quantitative estimate of drug-likeness (QED) is 0.732. The summed E-state index contributed by atoms with van der Waals surface area (Å²) in [6.45, 7) is 1.85. The van der Waals surface area contributed by atoms with E-state index < -0.39 is 22.4 Å². The molecular formula is C10H16FN5O3S. The molecule has 0 radical (unpaired) electrons. The fraction of sp³-hybridized carbons (Fsp3) is 0.700. The maximum Gasteiger partial charge on any atom is 0.374 e. The van der Waals surface area contributed by atoms with E-state index >= 15 is 0 Å². The first-order valence-electron chi connectivity index (χ1n) is 6.22. The third kappa shape index (κ3) is 2.96. The number of carbonyl (C=O) groups excluding carboxylic acids is 1. The highest BCUT2D eigenvalue weighted by Gasteiger charge is 2.37. The first-order valence-corrected chi connectivity index (χ1v) is 7.56. The number of amides is 1. The van der Waals surface area contributed by atoms with Crippen LogP contribution in [0, 0.1) is 0 Å². The highest BCUT2D eigenvalue weighted by Crippen LogP contribution is 2.15. The van der Waals surface area contributed by atoms with Gasteiger partial charge in [-0.15, -0.1) is 5.10 Å². The van der Waals surface area contributed by atoms with Crippen molar-refractivity contribution >= 4 is 16.3 Å². The zero-order valence-corrected chi connectivity index (χ0v) is 12.0. The maximum atomic E-state index is 12.6. The lowest BCUT2D eigenvalue weighted by molar-refractivity contribution is 0.0886. The second-order valence-electron chi connectivity index (χ2n) is 4.69. The van der Waals surface area contributed by atoms with E-state index in [-0.39, 0.29) is 18.8 Å². The Morgan fingerprint density at radius 1 is 1.50 bits per heavy atom. The molecule has 0 unspecified atom stereocenters. The van der Waals surface area contributed by atoms with Crippen LogP contribution in [0.3, 0.4) is 0 Å². The van der Waals surface area contributed by atoms with Crippen molar-refractivity contribution in [1.82, 2.24) is 24.6 Å². The number of hydrogen-bond acceptors (Lipinski definition) is 5. The van der Waals surface area contributed by atoms with Gasteiger partial charge in [0.15, 0.2) is 5.69 Å². The SMILES string of the molecule is CCCc1c(C(=O)NC2CN(S(=O)(=O)F)C2)nnn1C. The van der Waals surface area contributed by atoms with E-state index in [0.717, 1.165) is 12.1 Å². The predicted octanol–water partition coefficient (Wildman–Crippen LogP) is -0.604. The summed E-state index contributed by atoms with van der Waals surface area (Å²) in [5.41, 5.74) is 0.954. The lowest BCUT2D eigenvalue weighted by Crippen LogP contribution is -2.60. The number of halogens is 1. The lowest BCUT2D eigenvalue weighted by Gasteiger charge is -2.35. The van der Waals surface area contributed by atoms with Crippen molar-refractivity contribution in [2.45, 2.75) is 25.8 Å². The first-order chi connectivity index (χ1) is 9.32. The Labute approximate surface area is 116 Å². The van der Waals surface area contributed by atoms with Gasteiger partial charge in [0.1, 0.15) is 0 Å². The number of rotatable bonds is 5. The van der Waals surface area contributed by atoms with Crippen molar-refractivity contribution < 1.29 is 17.1 Å². The fourth-order valence-corrected chi connectivity index (χ4v) is 2.75. The molecule has 0 spiro atoms. The molecule has 1 aliphatic rings. The van der Waals surface area contributed by atoms with Gasteiger partial charge >= 0.3 is 10.4 Å². The van der Waals surface area contributed by atoms with Crippen LogP contribution in [0.2, 0.25) is 0 Å². The van der Waals surface area contributed by atoms with Gasteiger partial charge in [-0.1, -0.05) is 22.4 Å². The predicted molar refractivity (Wildman–Crippen MR) is 67.9 cm³/mol. The van der Waals surface area contributed by atoms with Crippen molar-refractivity contribution in [2.75, 3.05) is 13.1 Å². The number of nitrogens with one attached hydrogen (secondary N) is 1. The molecule has 2 rings (SSSR count). The topological polar surface area (TPSA) is 97.2 Å². The van der Waals surface area contributed by atoms with Crippen molar-refractivity contribution in [3.63, 3.8) is 0 Å². The van der Waals surface area contributed by atoms with E-state index in [1.54, 1.807) is 7.05 Å². The van der Waals surface area contributed by atoms with Crippen molar-refractivity contribution in [1.29, 1.82) is 0 Å². The molecule has 20 heavy (non-hydrogen) atoms. The summed E-state index contributed by atoms with van der Waals surface area (Å²) in [7, 11) is -2.96. The van der Waals surface area contributed by atoms with Gasteiger partial charge in [-0.25, -0.2) is 0 Å². The van der Waals surface area contributed by atoms with E-state index in [1.165, 1.54) is 4.68 Å². The molecule has 8 nitrogen and oxygen atoms in total. The Hall–Kier alpha value is -1.55. The highest BCUT2D eigenvalue weighted by atomic mass is 32.3. The standard InChI is InChI=1S/C10H16FN5O3S/c1-3-4-8-9(13-14-15(8)2)10(17)12-7-5-16(6-7)20(11,18)19/h7H,3-6H2,1-2H3,(H,12,17). The van der Waals surface area contributed by atoms with Gasteiger partial charge in [-0.3, -0.25) is 9.48 Å². The molecule has 1 amide bonds. The number of carbonyl (C=O) groups is 1. The Balaban J connectivity index is 1.97. The molecule has 0 aromatic carbocycles. The second kappa shape index (κ2) is 5.44. The summed E-state index contributed by atoms with van der Waals surface area (Å²) in [5, 5.41) is 10.2. The molecule has 1 aromatic heterocycles. The third-order valence-electron chi connectivity index (χ3n) is 3.14. The van der Waals surface area contributed by atoms with Gasteiger partial charge in [0.05, 0.1) is 11.7 Å². The van der Waals surface area contributed by atoms with Crippen LogP contribution in [0.5, 0.6) is 0 Å². The molecule has 10 heteroatoms. The van der Waals surface area contributed by atoms with Gasteiger partial charge in [-0.2, -0.15) is 12.7 Å². The van der Waals surface area contributed by atoms with E-state index in [2.05, 4.69) is 15.6 Å². The first kappa shape index (κ1) is 14.9. The van der Waals surface area contributed by atoms with Crippen LogP contribution in [0.4, 0.5) is 3.89 Å². The largest absolute Gasteiger partial charge is 0.374 e. The molecule has 1 aromatic rings. The smallest absolute Gasteiger partial charge is 0.345 e. The minimum Gasteiger partial charge on any atom is -0.345 e. The number of nitrogens with zero attached hydrogens (tertiary/aromatic N) is 4. The van der Waals surface area contributed by atoms with Crippen LogP contribution >= 0.6 is 0 Å². The molecule has 0 bridgehead atoms. The van der Waals surface area contributed by atoms with Crippen LogP contribution in [0.1, 0.15) is 29.5 Å². The maximum absolute atomic E-state index is 12.6. The van der Waals surface area contributed by atoms with Crippen LogP contribution < -0.4 is 5.32 Å². The summed E-state index contributed by atoms with van der Waals surface area (Å²) in [6, 6.07) is -0.399. The molecule has 0 aliphatic carbocycles. The van der Waals surface area contributed by atoms with E-state index in [9.17, 15) is 17.1 Å². The Morgan fingerprint density at radius 3 is 2.70 bits per heavy atom. The molecule has 0 atom stereocenters. The fourth-order valence-electron chi connectivity index (χ4n) is 2.03. The summed E-state index contributed by atoms with van der Waals surface area (Å²) in [6.07, 6.45) is 1.51. The molecule has 1 N–H and O–H groups in total. The minimum atomic E-state index is -4.66. The summed E-state index contributed by atoms with van der Waals surface area (Å²) < 4.78 is 35.9. The van der Waals surface area contributed by atoms with Crippen LogP contribution in [0.15, 0.2) is 0 Å². The van der Waals surface area contributed by atoms with Crippen molar-refractivity contribution in [2.24, 2.45) is 7.05 Å². The zero-order valence-electron chi connectivity index (χ0n) is 11.2. The number of hydrogen-bond donors (Lipinski definition) is 1. The van der Waals surface area contributed by atoms with Gasteiger partial charge in [0.2, 0.25) is 0 Å². The van der Waals surface area contributed by atoms with E-state index in [1.807, 2.05) is 6.92 Å². The molecule has 2 heterocycles. The van der Waals surface area contributed by atoms with E-state index in [4.69, 9.17) is 0 Å². The summed E-state index contributed by atoms with van der Waals surface area (Å²) in [5.74, 6) is -0.414. The monoisotopic (exact) mass is 305 g/mol. The Bertz CT molecular complexity index is 608. The molecule has 0 saturated carbocycles. The van der Waals surface area contributed by atoms with Gasteiger partial charge in [-0.05, 0) is 6.42 Å². The highest BCUT2D eigenvalue weighted by molar-refractivity contribution is 7.84. The molecule has 1 saturated heterocycles. The van der Waals surface area contributed by atoms with Crippen molar-refractivity contribution in [3.8, 4) is 0 Å². The minimum absolute atomic E-state index is 0.0616.